The number of hydrogen-bond acceptors (Lipinski definition) is 2. The van der Waals surface area contributed by atoms with Gasteiger partial charge in [0.2, 0.25) is 5.91 Å². The molecule has 1 amide bonds. The van der Waals surface area contributed by atoms with Crippen LogP contribution in [0.15, 0.2) is 0 Å². The average Bonchev–Trinajstić information content (AvgIpc) is 1.88. The number of nitrogens with two attached hydrogens (primary N) is 1. The fourth-order valence-corrected chi connectivity index (χ4v) is 0.439. The van der Waals surface area contributed by atoms with Gasteiger partial charge in [-0.3, -0.25) is 9.18 Å². The number of carbonyl (C=O) groups excluding carboxylic acids is 1. The van der Waals surface area contributed by atoms with Gasteiger partial charge in [-0.2, -0.15) is 0 Å². The quantitative estimate of drug-likeness (QED) is 0.543. The minimum absolute atomic E-state index is 0.228. The summed E-state index contributed by atoms with van der Waals surface area (Å²) in [6.07, 6.45) is 0.360. The number of rotatable bonds is 4. The molecule has 3 nitrogen and oxygen atoms in total. The van der Waals surface area contributed by atoms with E-state index in [4.69, 9.17) is 5.73 Å². The summed E-state index contributed by atoms with van der Waals surface area (Å²) in [5.41, 5.74) is 5.21. The molecule has 0 aromatic carbocycles. The van der Waals surface area contributed by atoms with Crippen molar-refractivity contribution in [2.45, 2.75) is 19.4 Å². The van der Waals surface area contributed by atoms with Crippen LogP contribution in [0.1, 0.15) is 13.3 Å². The van der Waals surface area contributed by atoms with Gasteiger partial charge in [0, 0.05) is 6.54 Å². The molecule has 4 heteroatoms. The number of carbonyl (C=O) groups is 1. The highest BCUT2D eigenvalue weighted by atomic mass is 19.1. The van der Waals surface area contributed by atoms with Crippen LogP contribution in [0.3, 0.4) is 0 Å². The second kappa shape index (κ2) is 5.17. The minimum Gasteiger partial charge on any atom is -0.355 e. The summed E-state index contributed by atoms with van der Waals surface area (Å²) in [5.74, 6) is -0.228. The van der Waals surface area contributed by atoms with Crippen LogP contribution in [0.4, 0.5) is 4.39 Å². The van der Waals surface area contributed by atoms with Crippen molar-refractivity contribution < 1.29 is 9.18 Å². The van der Waals surface area contributed by atoms with Crippen LogP contribution >= 0.6 is 0 Å². The summed E-state index contributed by atoms with van der Waals surface area (Å²) in [7, 11) is 0. The van der Waals surface area contributed by atoms with Gasteiger partial charge in [-0.25, -0.2) is 0 Å². The topological polar surface area (TPSA) is 55.1 Å². The Morgan fingerprint density at radius 2 is 2.40 bits per heavy atom. The van der Waals surface area contributed by atoms with Gasteiger partial charge in [0.1, 0.15) is 0 Å². The number of alkyl halides is 1. The lowest BCUT2D eigenvalue weighted by atomic mass is 10.3. The lowest BCUT2D eigenvalue weighted by Gasteiger charge is -2.05. The van der Waals surface area contributed by atoms with Crippen molar-refractivity contribution in [3.63, 3.8) is 0 Å². The molecule has 0 saturated carbocycles. The molecule has 10 heavy (non-hydrogen) atoms. The third kappa shape index (κ3) is 4.26. The van der Waals surface area contributed by atoms with E-state index in [-0.39, 0.29) is 5.91 Å². The SMILES string of the molecule is C[C@@H](N)C(=O)NCCCF. The molecule has 3 N–H and O–H groups in total. The molecule has 0 aliphatic carbocycles. The number of hydrogen-bond donors (Lipinski definition) is 2. The van der Waals surface area contributed by atoms with E-state index in [1.165, 1.54) is 0 Å². The lowest BCUT2D eigenvalue weighted by molar-refractivity contribution is -0.121. The second-order valence-corrected chi connectivity index (χ2v) is 2.12. The Bertz CT molecular complexity index is 106. The predicted octanol–water partition coefficient (Wildman–Crippen LogP) is -0.191. The molecule has 0 fully saturated rings. The van der Waals surface area contributed by atoms with Gasteiger partial charge in [-0.05, 0) is 13.3 Å². The zero-order valence-electron chi connectivity index (χ0n) is 6.06. The molecule has 0 heterocycles. The van der Waals surface area contributed by atoms with Crippen LogP contribution < -0.4 is 11.1 Å². The van der Waals surface area contributed by atoms with E-state index in [9.17, 15) is 9.18 Å². The molecule has 0 aliphatic rings. The van der Waals surface area contributed by atoms with Gasteiger partial charge in [-0.1, -0.05) is 0 Å². The third-order valence-corrected chi connectivity index (χ3v) is 1.02. The molecule has 0 radical (unpaired) electrons. The lowest BCUT2D eigenvalue weighted by Crippen LogP contribution is -2.38. The van der Waals surface area contributed by atoms with E-state index in [0.717, 1.165) is 0 Å². The molecule has 0 aromatic heterocycles. The van der Waals surface area contributed by atoms with E-state index in [0.29, 0.717) is 13.0 Å². The average molecular weight is 148 g/mol. The van der Waals surface area contributed by atoms with Gasteiger partial charge in [0.15, 0.2) is 0 Å². The first-order valence-electron chi connectivity index (χ1n) is 3.27. The maximum Gasteiger partial charge on any atom is 0.236 e. The monoisotopic (exact) mass is 148 g/mol. The van der Waals surface area contributed by atoms with E-state index in [2.05, 4.69) is 5.32 Å². The van der Waals surface area contributed by atoms with E-state index < -0.39 is 12.7 Å². The van der Waals surface area contributed by atoms with Crippen LogP contribution in [-0.2, 0) is 4.79 Å². The van der Waals surface area contributed by atoms with Crippen molar-refractivity contribution >= 4 is 5.91 Å². The largest absolute Gasteiger partial charge is 0.355 e. The van der Waals surface area contributed by atoms with E-state index in [1.807, 2.05) is 0 Å². The zero-order chi connectivity index (χ0) is 7.98. The fourth-order valence-electron chi connectivity index (χ4n) is 0.439. The first kappa shape index (κ1) is 9.36. The van der Waals surface area contributed by atoms with Crippen molar-refractivity contribution in [1.29, 1.82) is 0 Å². The second-order valence-electron chi connectivity index (χ2n) is 2.12. The van der Waals surface area contributed by atoms with Crippen molar-refractivity contribution in [2.75, 3.05) is 13.2 Å². The minimum atomic E-state index is -0.500. The Kier molecular flexibility index (Phi) is 4.84. The Morgan fingerprint density at radius 3 is 2.80 bits per heavy atom. The fraction of sp³-hybridized carbons (Fsp3) is 0.833. The number of amides is 1. The summed E-state index contributed by atoms with van der Waals surface area (Å²) >= 11 is 0. The van der Waals surface area contributed by atoms with Gasteiger partial charge in [0.25, 0.3) is 0 Å². The van der Waals surface area contributed by atoms with Crippen LogP contribution in [0, 0.1) is 0 Å². The normalized spacial score (nSPS) is 12.7. The Labute approximate surface area is 59.8 Å². The molecule has 0 saturated heterocycles. The molecule has 60 valence electrons. The van der Waals surface area contributed by atoms with Crippen molar-refractivity contribution in [3.05, 3.63) is 0 Å². The summed E-state index contributed by atoms with van der Waals surface area (Å²) in [5, 5.41) is 2.48. The molecule has 0 spiro atoms. The molecule has 0 unspecified atom stereocenters. The Morgan fingerprint density at radius 1 is 1.80 bits per heavy atom. The van der Waals surface area contributed by atoms with Crippen molar-refractivity contribution in [2.24, 2.45) is 5.73 Å². The van der Waals surface area contributed by atoms with Gasteiger partial charge in [0.05, 0.1) is 12.7 Å². The van der Waals surface area contributed by atoms with E-state index in [1.54, 1.807) is 6.92 Å². The first-order chi connectivity index (χ1) is 4.68. The van der Waals surface area contributed by atoms with Gasteiger partial charge < -0.3 is 11.1 Å². The standard InChI is InChI=1S/C6H13FN2O/c1-5(8)6(10)9-4-2-3-7/h5H,2-4,8H2,1H3,(H,9,10)/t5-/m1/s1. The van der Waals surface area contributed by atoms with Crippen LogP contribution in [0.2, 0.25) is 0 Å². The molecule has 0 rings (SSSR count). The summed E-state index contributed by atoms with van der Waals surface area (Å²) in [6.45, 7) is 1.56. The smallest absolute Gasteiger partial charge is 0.236 e. The Hall–Kier alpha value is -0.640. The maximum atomic E-state index is 11.5. The molecular weight excluding hydrogens is 135 g/mol. The van der Waals surface area contributed by atoms with Crippen LogP contribution in [0.5, 0.6) is 0 Å². The number of nitrogens with one attached hydrogen (secondary N) is 1. The highest BCUT2D eigenvalue weighted by Gasteiger charge is 2.04. The zero-order valence-corrected chi connectivity index (χ0v) is 6.06. The third-order valence-electron chi connectivity index (χ3n) is 1.02. The highest BCUT2D eigenvalue weighted by Crippen LogP contribution is 1.79. The highest BCUT2D eigenvalue weighted by molar-refractivity contribution is 5.80. The summed E-state index contributed by atoms with van der Waals surface area (Å²) < 4.78 is 11.5. The predicted molar refractivity (Wildman–Crippen MR) is 37.3 cm³/mol. The molecule has 1 atom stereocenters. The first-order valence-corrected chi connectivity index (χ1v) is 3.27. The van der Waals surface area contributed by atoms with Crippen molar-refractivity contribution in [3.8, 4) is 0 Å². The van der Waals surface area contributed by atoms with Gasteiger partial charge >= 0.3 is 0 Å². The molecule has 0 aromatic rings. The molecule has 0 aliphatic heterocycles. The molecule has 0 bridgehead atoms. The molecular formula is C6H13FN2O. The van der Waals surface area contributed by atoms with Gasteiger partial charge in [-0.15, -0.1) is 0 Å². The summed E-state index contributed by atoms with van der Waals surface area (Å²) in [4.78, 5) is 10.7. The van der Waals surface area contributed by atoms with Crippen LogP contribution in [0.25, 0.3) is 0 Å². The number of halogens is 1. The van der Waals surface area contributed by atoms with E-state index >= 15 is 0 Å². The maximum absolute atomic E-state index is 11.5. The Balaban J connectivity index is 3.22. The van der Waals surface area contributed by atoms with Crippen molar-refractivity contribution in [1.82, 2.24) is 5.32 Å². The summed E-state index contributed by atoms with van der Waals surface area (Å²) in [6, 6.07) is -0.500. The van der Waals surface area contributed by atoms with Crippen LogP contribution in [-0.4, -0.2) is 25.2 Å².